The van der Waals surface area contributed by atoms with Crippen LogP contribution in [-0.2, 0) is 0 Å². The Bertz CT molecular complexity index is 381. The van der Waals surface area contributed by atoms with Gasteiger partial charge in [-0.05, 0) is 38.0 Å². The highest BCUT2D eigenvalue weighted by Gasteiger charge is 2.12. The number of hydrogen-bond acceptors (Lipinski definition) is 1. The van der Waals surface area contributed by atoms with Crippen molar-refractivity contribution >= 4 is 33.4 Å². The number of alkyl halides is 1. The van der Waals surface area contributed by atoms with Gasteiger partial charge in [-0.2, -0.15) is 0 Å². The third-order valence-electron chi connectivity index (χ3n) is 2.43. The lowest BCUT2D eigenvalue weighted by molar-refractivity contribution is 0.0939. The van der Waals surface area contributed by atoms with E-state index in [1.54, 1.807) is 0 Å². The van der Waals surface area contributed by atoms with Crippen LogP contribution >= 0.6 is 27.5 Å². The molecule has 0 heterocycles. The summed E-state index contributed by atoms with van der Waals surface area (Å²) >= 11 is 9.03. The third kappa shape index (κ3) is 3.49. The molecule has 1 N–H and O–H groups in total. The van der Waals surface area contributed by atoms with Gasteiger partial charge >= 0.3 is 0 Å². The highest BCUT2D eigenvalue weighted by atomic mass is 79.9. The van der Waals surface area contributed by atoms with Crippen LogP contribution in [0.4, 0.5) is 0 Å². The standard InChI is InChI=1S/C12H15BrClNO/c1-8(6-7-14)15-12(16)10-4-3-5-11(13)9(10)2/h3-5,8H,6-7H2,1-2H3,(H,15,16). The second-order valence-electron chi connectivity index (χ2n) is 3.76. The Morgan fingerprint density at radius 3 is 2.88 bits per heavy atom. The first-order valence-electron chi connectivity index (χ1n) is 5.18. The van der Waals surface area contributed by atoms with E-state index in [1.165, 1.54) is 0 Å². The summed E-state index contributed by atoms with van der Waals surface area (Å²) < 4.78 is 0.949. The number of rotatable bonds is 4. The topological polar surface area (TPSA) is 29.1 Å². The predicted octanol–water partition coefficient (Wildman–Crippen LogP) is 3.50. The van der Waals surface area contributed by atoms with Gasteiger partial charge in [-0.25, -0.2) is 0 Å². The van der Waals surface area contributed by atoms with Gasteiger partial charge in [0.25, 0.3) is 5.91 Å². The summed E-state index contributed by atoms with van der Waals surface area (Å²) in [6, 6.07) is 5.71. The summed E-state index contributed by atoms with van der Waals surface area (Å²) in [6.07, 6.45) is 0.778. The number of carbonyl (C=O) groups is 1. The Morgan fingerprint density at radius 2 is 2.25 bits per heavy atom. The van der Waals surface area contributed by atoms with Crippen LogP contribution in [0.3, 0.4) is 0 Å². The van der Waals surface area contributed by atoms with Gasteiger partial charge in [-0.15, -0.1) is 11.6 Å². The van der Waals surface area contributed by atoms with Crippen molar-refractivity contribution in [3.05, 3.63) is 33.8 Å². The molecule has 0 spiro atoms. The van der Waals surface area contributed by atoms with E-state index in [0.717, 1.165) is 16.5 Å². The summed E-state index contributed by atoms with van der Waals surface area (Å²) in [7, 11) is 0. The molecule has 1 aromatic rings. The Morgan fingerprint density at radius 1 is 1.56 bits per heavy atom. The van der Waals surface area contributed by atoms with Crippen molar-refractivity contribution in [2.45, 2.75) is 26.3 Å². The van der Waals surface area contributed by atoms with Gasteiger partial charge in [0, 0.05) is 22.0 Å². The zero-order valence-corrected chi connectivity index (χ0v) is 11.7. The molecule has 0 fully saturated rings. The average Bonchev–Trinajstić information content (AvgIpc) is 2.22. The summed E-state index contributed by atoms with van der Waals surface area (Å²) in [5, 5.41) is 2.92. The molecule has 16 heavy (non-hydrogen) atoms. The van der Waals surface area contributed by atoms with Crippen LogP contribution in [0.2, 0.25) is 0 Å². The monoisotopic (exact) mass is 303 g/mol. The zero-order valence-electron chi connectivity index (χ0n) is 9.39. The van der Waals surface area contributed by atoms with Crippen LogP contribution in [0.25, 0.3) is 0 Å². The Labute approximate surface area is 110 Å². The smallest absolute Gasteiger partial charge is 0.251 e. The van der Waals surface area contributed by atoms with Crippen LogP contribution < -0.4 is 5.32 Å². The molecule has 0 bridgehead atoms. The van der Waals surface area contributed by atoms with Crippen LogP contribution in [0.1, 0.15) is 29.3 Å². The van der Waals surface area contributed by atoms with E-state index in [9.17, 15) is 4.79 Å². The minimum atomic E-state index is -0.0450. The molecule has 88 valence electrons. The average molecular weight is 305 g/mol. The lowest BCUT2D eigenvalue weighted by atomic mass is 10.1. The SMILES string of the molecule is Cc1c(Br)cccc1C(=O)NC(C)CCCl. The van der Waals surface area contributed by atoms with Crippen molar-refractivity contribution in [3.8, 4) is 0 Å². The quantitative estimate of drug-likeness (QED) is 0.848. The Balaban J connectivity index is 2.77. The van der Waals surface area contributed by atoms with Crippen LogP contribution in [0.5, 0.6) is 0 Å². The maximum atomic E-state index is 11.9. The lowest BCUT2D eigenvalue weighted by Crippen LogP contribution is -2.33. The molecule has 0 aliphatic rings. The molecule has 0 aromatic heterocycles. The van der Waals surface area contributed by atoms with Crippen molar-refractivity contribution in [1.82, 2.24) is 5.32 Å². The Kier molecular flexibility index (Phi) is 5.29. The first-order chi connectivity index (χ1) is 7.56. The first kappa shape index (κ1) is 13.5. The van der Waals surface area contributed by atoms with Gasteiger partial charge in [0.1, 0.15) is 0 Å². The van der Waals surface area contributed by atoms with E-state index in [-0.39, 0.29) is 11.9 Å². The molecule has 1 atom stereocenters. The van der Waals surface area contributed by atoms with Crippen LogP contribution in [0, 0.1) is 6.92 Å². The molecular weight excluding hydrogens is 289 g/mol. The summed E-state index contributed by atoms with van der Waals surface area (Å²) in [6.45, 7) is 3.87. The number of halogens is 2. The minimum absolute atomic E-state index is 0.0450. The van der Waals surface area contributed by atoms with Gasteiger partial charge < -0.3 is 5.32 Å². The van der Waals surface area contributed by atoms with Crippen LogP contribution in [-0.4, -0.2) is 17.8 Å². The predicted molar refractivity (Wildman–Crippen MR) is 71.1 cm³/mol. The van der Waals surface area contributed by atoms with Gasteiger partial charge in [0.15, 0.2) is 0 Å². The van der Waals surface area contributed by atoms with E-state index in [1.807, 2.05) is 32.0 Å². The molecule has 1 rings (SSSR count). The number of amides is 1. The van der Waals surface area contributed by atoms with Gasteiger partial charge in [0.2, 0.25) is 0 Å². The fourth-order valence-corrected chi connectivity index (χ4v) is 2.08. The number of nitrogens with one attached hydrogen (secondary N) is 1. The zero-order chi connectivity index (χ0) is 12.1. The largest absolute Gasteiger partial charge is 0.350 e. The maximum absolute atomic E-state index is 11.9. The maximum Gasteiger partial charge on any atom is 0.251 e. The second kappa shape index (κ2) is 6.26. The minimum Gasteiger partial charge on any atom is -0.350 e. The van der Waals surface area contributed by atoms with E-state index < -0.39 is 0 Å². The van der Waals surface area contributed by atoms with E-state index in [2.05, 4.69) is 21.2 Å². The summed E-state index contributed by atoms with van der Waals surface area (Å²) in [5.41, 5.74) is 1.66. The van der Waals surface area contributed by atoms with Crippen molar-refractivity contribution in [3.63, 3.8) is 0 Å². The molecule has 0 radical (unpaired) electrons. The lowest BCUT2D eigenvalue weighted by Gasteiger charge is -2.14. The van der Waals surface area contributed by atoms with Gasteiger partial charge in [-0.3, -0.25) is 4.79 Å². The number of hydrogen-bond donors (Lipinski definition) is 1. The molecular formula is C12H15BrClNO. The van der Waals surface area contributed by atoms with Crippen molar-refractivity contribution in [2.24, 2.45) is 0 Å². The van der Waals surface area contributed by atoms with Crippen LogP contribution in [0.15, 0.2) is 22.7 Å². The van der Waals surface area contributed by atoms with E-state index in [4.69, 9.17) is 11.6 Å². The van der Waals surface area contributed by atoms with E-state index >= 15 is 0 Å². The van der Waals surface area contributed by atoms with E-state index in [0.29, 0.717) is 11.4 Å². The molecule has 4 heteroatoms. The van der Waals surface area contributed by atoms with Gasteiger partial charge in [-0.1, -0.05) is 22.0 Å². The summed E-state index contributed by atoms with van der Waals surface area (Å²) in [5.74, 6) is 0.509. The first-order valence-corrected chi connectivity index (χ1v) is 6.51. The fraction of sp³-hybridized carbons (Fsp3) is 0.417. The van der Waals surface area contributed by atoms with Crippen molar-refractivity contribution < 1.29 is 4.79 Å². The number of benzene rings is 1. The molecule has 0 saturated carbocycles. The normalized spacial score (nSPS) is 12.2. The molecule has 0 saturated heterocycles. The molecule has 2 nitrogen and oxygen atoms in total. The van der Waals surface area contributed by atoms with Gasteiger partial charge in [0.05, 0.1) is 0 Å². The molecule has 1 amide bonds. The second-order valence-corrected chi connectivity index (χ2v) is 5.00. The molecule has 0 aliphatic heterocycles. The fourth-order valence-electron chi connectivity index (χ4n) is 1.39. The molecule has 0 aliphatic carbocycles. The summed E-state index contributed by atoms with van der Waals surface area (Å²) in [4.78, 5) is 11.9. The third-order valence-corrected chi connectivity index (χ3v) is 3.51. The molecule has 1 aromatic carbocycles. The Hall–Kier alpha value is -0.540. The van der Waals surface area contributed by atoms with Crippen molar-refractivity contribution in [2.75, 3.05) is 5.88 Å². The highest BCUT2D eigenvalue weighted by molar-refractivity contribution is 9.10. The number of carbonyl (C=O) groups excluding carboxylic acids is 1. The van der Waals surface area contributed by atoms with Crippen molar-refractivity contribution in [1.29, 1.82) is 0 Å². The molecule has 1 unspecified atom stereocenters. The highest BCUT2D eigenvalue weighted by Crippen LogP contribution is 2.19.